The van der Waals surface area contributed by atoms with Gasteiger partial charge < -0.3 is 9.47 Å². The van der Waals surface area contributed by atoms with Crippen LogP contribution in [0.1, 0.15) is 31.9 Å². The number of carbonyl (C=O) groups is 3. The molecule has 0 unspecified atom stereocenters. The average Bonchev–Trinajstić information content (AvgIpc) is 3.33. The first kappa shape index (κ1) is 27.1. The van der Waals surface area contributed by atoms with Crippen molar-refractivity contribution in [3.63, 3.8) is 0 Å². The van der Waals surface area contributed by atoms with Gasteiger partial charge in [0.25, 0.3) is 11.8 Å². The van der Waals surface area contributed by atoms with Crippen LogP contribution in [0.4, 0.5) is 0 Å². The molecule has 0 atom stereocenters. The number of nitrogens with zero attached hydrogens (tertiary/aromatic N) is 4. The molecular weight excluding hydrogens is 496 g/mol. The van der Waals surface area contributed by atoms with Crippen LogP contribution in [-0.2, 0) is 19.1 Å². The van der Waals surface area contributed by atoms with E-state index in [0.29, 0.717) is 17.9 Å². The summed E-state index contributed by atoms with van der Waals surface area (Å²) in [7, 11) is 0. The molecule has 2 heterocycles. The number of aromatic nitrogens is 2. The minimum absolute atomic E-state index is 0.141. The molecule has 0 saturated heterocycles. The highest BCUT2D eigenvalue weighted by Crippen LogP contribution is 2.33. The zero-order chi connectivity index (χ0) is 28.1. The van der Waals surface area contributed by atoms with E-state index in [1.807, 2.05) is 68.4 Å². The minimum atomic E-state index is -0.716. The lowest BCUT2D eigenvalue weighted by Gasteiger charge is -2.27. The molecule has 3 aromatic rings. The van der Waals surface area contributed by atoms with E-state index >= 15 is 0 Å². The molecule has 1 aromatic heterocycles. The number of nitriles is 1. The fraction of sp³-hybridized carbons (Fsp3) is 0.233. The van der Waals surface area contributed by atoms with Gasteiger partial charge >= 0.3 is 5.97 Å². The number of ether oxygens (including phenoxy) is 2. The highest BCUT2D eigenvalue weighted by atomic mass is 16.5. The van der Waals surface area contributed by atoms with Gasteiger partial charge in [0.15, 0.2) is 0 Å². The van der Waals surface area contributed by atoms with Crippen molar-refractivity contribution in [1.82, 2.24) is 14.7 Å². The van der Waals surface area contributed by atoms with E-state index in [9.17, 15) is 19.6 Å². The molecule has 0 spiro atoms. The van der Waals surface area contributed by atoms with Crippen molar-refractivity contribution in [3.05, 3.63) is 82.6 Å². The van der Waals surface area contributed by atoms with Gasteiger partial charge in [-0.3, -0.25) is 19.3 Å². The Kier molecular flexibility index (Phi) is 8.06. The Morgan fingerprint density at radius 3 is 2.49 bits per heavy atom. The molecule has 0 radical (unpaired) electrons. The van der Waals surface area contributed by atoms with E-state index in [1.54, 1.807) is 23.9 Å². The summed E-state index contributed by atoms with van der Waals surface area (Å²) in [5.41, 5.74) is 4.16. The molecule has 1 aliphatic rings. The highest BCUT2D eigenvalue weighted by Gasteiger charge is 2.35. The maximum absolute atomic E-state index is 13.5. The van der Waals surface area contributed by atoms with Crippen LogP contribution in [0.2, 0.25) is 0 Å². The van der Waals surface area contributed by atoms with Gasteiger partial charge in [0.05, 0.1) is 18.8 Å². The Balaban J connectivity index is 1.86. The molecule has 9 heteroatoms. The number of benzene rings is 2. The fourth-order valence-electron chi connectivity index (χ4n) is 4.34. The Morgan fingerprint density at radius 2 is 1.85 bits per heavy atom. The monoisotopic (exact) mass is 524 g/mol. The molecule has 0 bridgehead atoms. The highest BCUT2D eigenvalue weighted by molar-refractivity contribution is 6.19. The van der Waals surface area contributed by atoms with Crippen molar-refractivity contribution in [2.45, 2.75) is 27.7 Å². The zero-order valence-electron chi connectivity index (χ0n) is 22.2. The van der Waals surface area contributed by atoms with E-state index in [2.05, 4.69) is 0 Å². The van der Waals surface area contributed by atoms with E-state index in [0.717, 1.165) is 27.5 Å². The van der Waals surface area contributed by atoms with Crippen LogP contribution in [0.15, 0.2) is 71.4 Å². The number of amides is 2. The van der Waals surface area contributed by atoms with Gasteiger partial charge in [-0.05, 0) is 68.3 Å². The molecular formula is C30H28N4O5. The van der Waals surface area contributed by atoms with Gasteiger partial charge in [-0.1, -0.05) is 18.2 Å². The SMILES string of the molecule is CCOc1ccc(-c2nn(-c3ccccc3)cc2/C=C2/C(=O)N(CCOC(C)=O)C(=O)C(C#N)=C2C)c(C)c1. The number of imide groups is 1. The Labute approximate surface area is 226 Å². The second-order valence-electron chi connectivity index (χ2n) is 8.89. The maximum Gasteiger partial charge on any atom is 0.302 e. The fourth-order valence-corrected chi connectivity index (χ4v) is 4.34. The normalized spacial score (nSPS) is 14.5. The first-order valence-electron chi connectivity index (χ1n) is 12.5. The molecule has 0 aliphatic carbocycles. The van der Waals surface area contributed by atoms with Crippen LogP contribution in [-0.4, -0.2) is 52.2 Å². The lowest BCUT2D eigenvalue weighted by Crippen LogP contribution is -2.44. The van der Waals surface area contributed by atoms with Crippen molar-refractivity contribution in [3.8, 4) is 28.8 Å². The summed E-state index contributed by atoms with van der Waals surface area (Å²) in [5.74, 6) is -1.08. The second kappa shape index (κ2) is 11.6. The van der Waals surface area contributed by atoms with Gasteiger partial charge in [0.1, 0.15) is 29.7 Å². The third-order valence-electron chi connectivity index (χ3n) is 6.27. The number of esters is 1. The van der Waals surface area contributed by atoms with Gasteiger partial charge in [-0.15, -0.1) is 0 Å². The molecule has 0 N–H and O–H groups in total. The molecule has 2 aromatic carbocycles. The van der Waals surface area contributed by atoms with Gasteiger partial charge in [-0.25, -0.2) is 4.68 Å². The number of hydrogen-bond acceptors (Lipinski definition) is 7. The van der Waals surface area contributed by atoms with E-state index in [-0.39, 0.29) is 29.9 Å². The Hall–Kier alpha value is -4.97. The van der Waals surface area contributed by atoms with Crippen LogP contribution in [0.25, 0.3) is 23.0 Å². The molecule has 39 heavy (non-hydrogen) atoms. The van der Waals surface area contributed by atoms with Gasteiger partial charge in [0, 0.05) is 29.8 Å². The van der Waals surface area contributed by atoms with Crippen molar-refractivity contribution in [2.24, 2.45) is 0 Å². The van der Waals surface area contributed by atoms with Crippen LogP contribution < -0.4 is 4.74 Å². The zero-order valence-corrected chi connectivity index (χ0v) is 22.2. The number of hydrogen-bond donors (Lipinski definition) is 0. The summed E-state index contributed by atoms with van der Waals surface area (Å²) in [6.07, 6.45) is 3.46. The van der Waals surface area contributed by atoms with E-state index in [4.69, 9.17) is 14.6 Å². The number of para-hydroxylation sites is 1. The summed E-state index contributed by atoms with van der Waals surface area (Å²) in [4.78, 5) is 38.5. The largest absolute Gasteiger partial charge is 0.494 e. The van der Waals surface area contributed by atoms with Crippen LogP contribution in [0.3, 0.4) is 0 Å². The second-order valence-corrected chi connectivity index (χ2v) is 8.89. The van der Waals surface area contributed by atoms with E-state index < -0.39 is 17.8 Å². The van der Waals surface area contributed by atoms with Crippen molar-refractivity contribution >= 4 is 23.9 Å². The summed E-state index contributed by atoms with van der Waals surface area (Å²) >= 11 is 0. The lowest BCUT2D eigenvalue weighted by atomic mass is 9.93. The first-order valence-corrected chi connectivity index (χ1v) is 12.5. The molecule has 9 nitrogen and oxygen atoms in total. The number of aryl methyl sites for hydroxylation is 1. The third-order valence-corrected chi connectivity index (χ3v) is 6.27. The smallest absolute Gasteiger partial charge is 0.302 e. The van der Waals surface area contributed by atoms with Crippen molar-refractivity contribution in [2.75, 3.05) is 19.8 Å². The third kappa shape index (κ3) is 5.65. The van der Waals surface area contributed by atoms with E-state index in [1.165, 1.54) is 6.92 Å². The molecule has 2 amide bonds. The standard InChI is InChI=1S/C30H28N4O5/c1-5-38-24-11-12-25(19(2)15-24)28-22(18-34(32-28)23-9-7-6-8-10-23)16-26-20(3)27(17-31)30(37)33(29(26)36)13-14-39-21(4)35/h6-12,15-16,18H,5,13-14H2,1-4H3/b26-16+. The number of rotatable bonds is 8. The molecule has 198 valence electrons. The molecule has 1 aliphatic heterocycles. The quantitative estimate of drug-likeness (QED) is 0.244. The first-order chi connectivity index (χ1) is 18.7. The van der Waals surface area contributed by atoms with Crippen molar-refractivity contribution in [1.29, 1.82) is 5.26 Å². The summed E-state index contributed by atoms with van der Waals surface area (Å²) < 4.78 is 12.3. The van der Waals surface area contributed by atoms with Crippen LogP contribution in [0, 0.1) is 18.3 Å². The average molecular weight is 525 g/mol. The van der Waals surface area contributed by atoms with Gasteiger partial charge in [0.2, 0.25) is 0 Å². The maximum atomic E-state index is 13.5. The lowest BCUT2D eigenvalue weighted by molar-refractivity contribution is -0.147. The number of carbonyl (C=O) groups excluding carboxylic acids is 3. The summed E-state index contributed by atoms with van der Waals surface area (Å²) in [5, 5.41) is 14.6. The Bertz CT molecular complexity index is 1540. The van der Waals surface area contributed by atoms with Crippen LogP contribution >= 0.6 is 0 Å². The van der Waals surface area contributed by atoms with Crippen LogP contribution in [0.5, 0.6) is 5.75 Å². The molecule has 4 rings (SSSR count). The summed E-state index contributed by atoms with van der Waals surface area (Å²) in [6.45, 7) is 6.90. The Morgan fingerprint density at radius 1 is 1.10 bits per heavy atom. The minimum Gasteiger partial charge on any atom is -0.494 e. The van der Waals surface area contributed by atoms with Gasteiger partial charge in [-0.2, -0.15) is 10.4 Å². The molecule has 0 saturated carbocycles. The topological polar surface area (TPSA) is 115 Å². The predicted molar refractivity (Wildman–Crippen MR) is 145 cm³/mol. The predicted octanol–water partition coefficient (Wildman–Crippen LogP) is 4.40. The molecule has 0 fully saturated rings. The van der Waals surface area contributed by atoms with Crippen molar-refractivity contribution < 1.29 is 23.9 Å². The summed E-state index contributed by atoms with van der Waals surface area (Å²) in [6, 6.07) is 17.2.